The summed E-state index contributed by atoms with van der Waals surface area (Å²) in [5, 5.41) is 5.87. The first-order chi connectivity index (χ1) is 15.4. The van der Waals surface area contributed by atoms with E-state index >= 15 is 0 Å². The maximum absolute atomic E-state index is 11.4. The van der Waals surface area contributed by atoms with Gasteiger partial charge in [-0.15, -0.1) is 0 Å². The maximum atomic E-state index is 11.4. The van der Waals surface area contributed by atoms with Gasteiger partial charge in [-0.25, -0.2) is 4.79 Å². The van der Waals surface area contributed by atoms with Crippen LogP contribution in [0.5, 0.6) is 0 Å². The van der Waals surface area contributed by atoms with Crippen LogP contribution in [0, 0.1) is 5.92 Å². The first-order valence-corrected chi connectivity index (χ1v) is 11.4. The molecule has 0 radical (unpaired) electrons. The van der Waals surface area contributed by atoms with Crippen LogP contribution in [-0.2, 0) is 9.53 Å². The number of unbranched alkanes of at least 4 members (excludes halogenated alkanes) is 1. The molecule has 0 aromatic heterocycles. The number of nitrogens with one attached hydrogen (secondary N) is 2. The van der Waals surface area contributed by atoms with Gasteiger partial charge in [0.05, 0.1) is 0 Å². The van der Waals surface area contributed by atoms with Crippen molar-refractivity contribution >= 4 is 17.9 Å². The summed E-state index contributed by atoms with van der Waals surface area (Å²) in [7, 11) is 0. The number of hydrogen-bond donors (Lipinski definition) is 3. The zero-order valence-corrected chi connectivity index (χ0v) is 19.5. The number of nitrogens with two attached hydrogens (primary N) is 1. The van der Waals surface area contributed by atoms with E-state index in [1.807, 2.05) is 6.92 Å². The Balaban J connectivity index is 1.97. The molecule has 1 aromatic rings. The van der Waals surface area contributed by atoms with Gasteiger partial charge in [0.15, 0.2) is 5.88 Å². The predicted octanol–water partition coefficient (Wildman–Crippen LogP) is 4.64. The lowest BCUT2D eigenvalue weighted by Gasteiger charge is -2.25. The molecule has 1 aromatic carbocycles. The topological polar surface area (TPSA) is 93.5 Å². The highest BCUT2D eigenvalue weighted by Crippen LogP contribution is 2.42. The molecule has 6 heteroatoms. The largest absolute Gasteiger partial charge is 0.479 e. The number of urea groups is 1. The number of fused-ring (bicyclic) bond motifs is 1. The van der Waals surface area contributed by atoms with E-state index in [1.54, 1.807) is 0 Å². The molecule has 32 heavy (non-hydrogen) atoms. The van der Waals surface area contributed by atoms with Crippen molar-refractivity contribution in [1.29, 1.82) is 0 Å². The number of carbonyl (C=O) groups excluding carboxylic acids is 2. The Labute approximate surface area is 192 Å². The quantitative estimate of drug-likeness (QED) is 0.224. The maximum Gasteiger partial charge on any atom is 0.312 e. The molecule has 3 unspecified atom stereocenters. The number of allylic oxidation sites excluding steroid dienone is 3. The average Bonchev–Trinajstić information content (AvgIpc) is 3.05. The Bertz CT molecular complexity index is 860. The summed E-state index contributed by atoms with van der Waals surface area (Å²) in [5.74, 6) is 0.436. The second-order valence-electron chi connectivity index (χ2n) is 8.30. The smallest absolute Gasteiger partial charge is 0.312 e. The molecule has 1 aliphatic carbocycles. The van der Waals surface area contributed by atoms with Gasteiger partial charge in [-0.05, 0) is 61.5 Å². The minimum atomic E-state index is -0.520. The van der Waals surface area contributed by atoms with Crippen molar-refractivity contribution in [3.05, 3.63) is 65.6 Å². The van der Waals surface area contributed by atoms with E-state index in [2.05, 4.69) is 67.5 Å². The van der Waals surface area contributed by atoms with E-state index in [9.17, 15) is 9.59 Å². The van der Waals surface area contributed by atoms with Gasteiger partial charge in [-0.3, -0.25) is 0 Å². The third kappa shape index (κ3) is 7.01. The van der Waals surface area contributed by atoms with Crippen LogP contribution in [0.3, 0.4) is 0 Å². The van der Waals surface area contributed by atoms with Crippen molar-refractivity contribution < 1.29 is 14.3 Å². The van der Waals surface area contributed by atoms with Gasteiger partial charge < -0.3 is 25.9 Å². The summed E-state index contributed by atoms with van der Waals surface area (Å²) < 4.78 is 6.06. The number of rotatable bonds is 14. The Morgan fingerprint density at radius 1 is 1.31 bits per heavy atom. The molecule has 4 N–H and O–H groups in total. The second kappa shape index (κ2) is 12.7. The number of amides is 2. The highest BCUT2D eigenvalue weighted by atomic mass is 16.5. The molecule has 2 amide bonds. The number of hydrogen-bond acceptors (Lipinski definition) is 4. The fourth-order valence-electron chi connectivity index (χ4n) is 4.09. The summed E-state index contributed by atoms with van der Waals surface area (Å²) in [6.07, 6.45) is 8.70. The van der Waals surface area contributed by atoms with Crippen molar-refractivity contribution in [3.8, 4) is 0 Å². The van der Waals surface area contributed by atoms with Crippen LogP contribution >= 0.6 is 0 Å². The van der Waals surface area contributed by atoms with Crippen LogP contribution in [0.15, 0.2) is 54.5 Å². The number of benzene rings is 1. The van der Waals surface area contributed by atoms with Crippen LogP contribution in [0.2, 0.25) is 0 Å². The molecule has 0 fully saturated rings. The third-order valence-electron chi connectivity index (χ3n) is 5.94. The molecular formula is C26H37N3O3. The SMILES string of the molecule is C=C(NC(CCCCNC(N)=O)C(C)C=O)OCC1C(/C=C\CC)=C(C)c2ccccc21. The van der Waals surface area contributed by atoms with Gasteiger partial charge >= 0.3 is 6.03 Å². The minimum absolute atomic E-state index is 0.0822. The number of ether oxygens (including phenoxy) is 1. The van der Waals surface area contributed by atoms with Gasteiger partial charge in [-0.1, -0.05) is 50.3 Å². The average molecular weight is 440 g/mol. The number of aldehydes is 1. The summed E-state index contributed by atoms with van der Waals surface area (Å²) >= 11 is 0. The van der Waals surface area contributed by atoms with E-state index < -0.39 is 6.03 Å². The van der Waals surface area contributed by atoms with Gasteiger partial charge in [0.1, 0.15) is 12.9 Å². The van der Waals surface area contributed by atoms with Gasteiger partial charge in [0.25, 0.3) is 0 Å². The Morgan fingerprint density at radius 2 is 2.06 bits per heavy atom. The van der Waals surface area contributed by atoms with Crippen LogP contribution in [-0.4, -0.2) is 31.5 Å². The van der Waals surface area contributed by atoms with Crippen LogP contribution in [0.1, 0.15) is 63.5 Å². The van der Waals surface area contributed by atoms with Crippen molar-refractivity contribution in [1.82, 2.24) is 10.6 Å². The van der Waals surface area contributed by atoms with Crippen molar-refractivity contribution in [2.45, 2.75) is 58.4 Å². The first-order valence-electron chi connectivity index (χ1n) is 11.4. The summed E-state index contributed by atoms with van der Waals surface area (Å²) in [4.78, 5) is 22.2. The van der Waals surface area contributed by atoms with E-state index in [0.717, 1.165) is 32.0 Å². The Morgan fingerprint density at radius 3 is 2.75 bits per heavy atom. The van der Waals surface area contributed by atoms with Crippen molar-refractivity contribution in [2.75, 3.05) is 13.2 Å². The third-order valence-corrected chi connectivity index (χ3v) is 5.94. The molecule has 0 heterocycles. The molecule has 0 spiro atoms. The van der Waals surface area contributed by atoms with Gasteiger partial charge in [-0.2, -0.15) is 0 Å². The fourth-order valence-corrected chi connectivity index (χ4v) is 4.09. The molecule has 0 bridgehead atoms. The van der Waals surface area contributed by atoms with E-state index in [0.29, 0.717) is 19.0 Å². The fraction of sp³-hybridized carbons (Fsp3) is 0.462. The van der Waals surface area contributed by atoms with Crippen molar-refractivity contribution in [3.63, 3.8) is 0 Å². The van der Waals surface area contributed by atoms with Crippen molar-refractivity contribution in [2.24, 2.45) is 11.7 Å². The van der Waals surface area contributed by atoms with Crippen LogP contribution in [0.25, 0.3) is 5.57 Å². The molecule has 1 aliphatic rings. The number of primary amides is 1. The Hall–Kier alpha value is -3.02. The standard InChI is InChI=1S/C26H37N3O3/c1-5-6-11-22-19(3)21-12-7-8-13-23(21)24(22)17-32-20(4)29-25(18(2)16-30)14-9-10-15-28-26(27)31/h6-8,11-13,16,18,24-25,29H,4-5,9-10,14-15,17H2,1-3H3,(H3,27,28,31)/b11-6-. The van der Waals surface area contributed by atoms with E-state index in [1.165, 1.54) is 22.3 Å². The minimum Gasteiger partial charge on any atom is -0.479 e. The summed E-state index contributed by atoms with van der Waals surface area (Å²) in [6, 6.07) is 7.85. The predicted molar refractivity (Wildman–Crippen MR) is 130 cm³/mol. The first kappa shape index (κ1) is 25.2. The monoisotopic (exact) mass is 439 g/mol. The van der Waals surface area contributed by atoms with Gasteiger partial charge in [0, 0.05) is 24.4 Å². The normalized spacial score (nSPS) is 17.0. The lowest BCUT2D eigenvalue weighted by atomic mass is 9.96. The van der Waals surface area contributed by atoms with E-state index in [4.69, 9.17) is 10.5 Å². The molecule has 6 nitrogen and oxygen atoms in total. The zero-order chi connectivity index (χ0) is 23.5. The van der Waals surface area contributed by atoms with Gasteiger partial charge in [0.2, 0.25) is 0 Å². The lowest BCUT2D eigenvalue weighted by molar-refractivity contribution is -0.111. The highest BCUT2D eigenvalue weighted by molar-refractivity contribution is 5.79. The summed E-state index contributed by atoms with van der Waals surface area (Å²) in [6.45, 7) is 11.2. The zero-order valence-electron chi connectivity index (χ0n) is 19.5. The lowest BCUT2D eigenvalue weighted by Crippen LogP contribution is -2.36. The highest BCUT2D eigenvalue weighted by Gasteiger charge is 2.28. The Kier molecular flexibility index (Phi) is 10.1. The second-order valence-corrected chi connectivity index (χ2v) is 8.30. The molecule has 0 saturated carbocycles. The summed E-state index contributed by atoms with van der Waals surface area (Å²) in [5.41, 5.74) is 10.2. The molecule has 3 atom stereocenters. The molecule has 0 aliphatic heterocycles. The molecular weight excluding hydrogens is 402 g/mol. The van der Waals surface area contributed by atoms with E-state index in [-0.39, 0.29) is 17.9 Å². The molecule has 174 valence electrons. The van der Waals surface area contributed by atoms with Crippen LogP contribution in [0.4, 0.5) is 4.79 Å². The van der Waals surface area contributed by atoms with Crippen LogP contribution < -0.4 is 16.4 Å². The molecule has 2 rings (SSSR count). The molecule has 0 saturated heterocycles. The number of carbonyl (C=O) groups is 2.